The zero-order chi connectivity index (χ0) is 18.1. The molecule has 0 saturated heterocycles. The van der Waals surface area contributed by atoms with Crippen molar-refractivity contribution in [3.63, 3.8) is 0 Å². The number of aryl methyl sites for hydroxylation is 2. The van der Waals surface area contributed by atoms with Crippen LogP contribution in [0.5, 0.6) is 0 Å². The van der Waals surface area contributed by atoms with E-state index < -0.39 is 5.95 Å². The molecule has 4 heterocycles. The van der Waals surface area contributed by atoms with E-state index in [1.54, 1.807) is 24.5 Å². The molecule has 0 spiro atoms. The van der Waals surface area contributed by atoms with Crippen LogP contribution in [0.3, 0.4) is 0 Å². The second-order valence-corrected chi connectivity index (χ2v) is 6.18. The van der Waals surface area contributed by atoms with E-state index in [0.717, 1.165) is 35.6 Å². The SMILES string of the molecule is CCCc1c(Cn2ccnc2-c2cccc(F)n2)nc(C)n2ccnc12. The number of hydrogen-bond donors (Lipinski definition) is 0. The van der Waals surface area contributed by atoms with Crippen molar-refractivity contribution >= 4 is 5.65 Å². The van der Waals surface area contributed by atoms with Gasteiger partial charge in [-0.1, -0.05) is 19.4 Å². The van der Waals surface area contributed by atoms with Crippen LogP contribution in [0.2, 0.25) is 0 Å². The van der Waals surface area contributed by atoms with Crippen molar-refractivity contribution in [1.82, 2.24) is 28.9 Å². The van der Waals surface area contributed by atoms with E-state index >= 15 is 0 Å². The van der Waals surface area contributed by atoms with Gasteiger partial charge in [-0.3, -0.25) is 4.40 Å². The Morgan fingerprint density at radius 2 is 1.92 bits per heavy atom. The topological polar surface area (TPSA) is 60.9 Å². The van der Waals surface area contributed by atoms with Crippen molar-refractivity contribution in [1.29, 1.82) is 0 Å². The number of nitrogens with zero attached hydrogens (tertiary/aromatic N) is 6. The molecule has 0 amide bonds. The highest BCUT2D eigenvalue weighted by molar-refractivity contribution is 5.52. The third-order valence-corrected chi connectivity index (χ3v) is 4.38. The van der Waals surface area contributed by atoms with Gasteiger partial charge in [0.25, 0.3) is 0 Å². The molecule has 0 N–H and O–H groups in total. The molecule has 0 unspecified atom stereocenters. The Morgan fingerprint density at radius 3 is 2.73 bits per heavy atom. The van der Waals surface area contributed by atoms with E-state index in [2.05, 4.69) is 21.9 Å². The average Bonchev–Trinajstić information content (AvgIpc) is 3.28. The van der Waals surface area contributed by atoms with E-state index in [0.29, 0.717) is 18.1 Å². The minimum absolute atomic E-state index is 0.505. The smallest absolute Gasteiger partial charge is 0.213 e. The zero-order valence-corrected chi connectivity index (χ0v) is 14.7. The highest BCUT2D eigenvalue weighted by atomic mass is 19.1. The second kappa shape index (κ2) is 6.67. The van der Waals surface area contributed by atoms with Crippen LogP contribution in [0, 0.1) is 12.9 Å². The van der Waals surface area contributed by atoms with Crippen LogP contribution in [0.4, 0.5) is 4.39 Å². The first-order valence-electron chi connectivity index (χ1n) is 8.63. The Labute approximate surface area is 150 Å². The van der Waals surface area contributed by atoms with Gasteiger partial charge in [-0.25, -0.2) is 19.9 Å². The lowest BCUT2D eigenvalue weighted by atomic mass is 10.1. The van der Waals surface area contributed by atoms with Crippen molar-refractivity contribution in [2.75, 3.05) is 0 Å². The van der Waals surface area contributed by atoms with E-state index in [1.165, 1.54) is 6.07 Å². The molecular weight excluding hydrogens is 331 g/mol. The van der Waals surface area contributed by atoms with Crippen LogP contribution in [-0.4, -0.2) is 28.9 Å². The lowest BCUT2D eigenvalue weighted by molar-refractivity contribution is 0.584. The number of rotatable bonds is 5. The third-order valence-electron chi connectivity index (χ3n) is 4.38. The maximum absolute atomic E-state index is 13.5. The second-order valence-electron chi connectivity index (χ2n) is 6.18. The minimum Gasteiger partial charge on any atom is -0.324 e. The van der Waals surface area contributed by atoms with Crippen LogP contribution >= 0.6 is 0 Å². The Bertz CT molecular complexity index is 1070. The Hall–Kier alpha value is -3.09. The molecule has 0 aliphatic rings. The molecule has 0 aliphatic carbocycles. The summed E-state index contributed by atoms with van der Waals surface area (Å²) in [6.45, 7) is 4.65. The molecule has 26 heavy (non-hydrogen) atoms. The highest BCUT2D eigenvalue weighted by Gasteiger charge is 2.15. The van der Waals surface area contributed by atoms with Gasteiger partial charge in [-0.05, 0) is 25.5 Å². The number of hydrogen-bond acceptors (Lipinski definition) is 4. The van der Waals surface area contributed by atoms with E-state index in [1.807, 2.05) is 28.3 Å². The van der Waals surface area contributed by atoms with Gasteiger partial charge in [0.1, 0.15) is 17.2 Å². The van der Waals surface area contributed by atoms with Gasteiger partial charge in [-0.15, -0.1) is 0 Å². The summed E-state index contributed by atoms with van der Waals surface area (Å²) >= 11 is 0. The van der Waals surface area contributed by atoms with Gasteiger partial charge in [-0.2, -0.15) is 4.39 Å². The number of fused-ring (bicyclic) bond motifs is 1. The van der Waals surface area contributed by atoms with Crippen molar-refractivity contribution in [3.05, 3.63) is 66.0 Å². The van der Waals surface area contributed by atoms with Gasteiger partial charge in [0.05, 0.1) is 12.2 Å². The lowest BCUT2D eigenvalue weighted by Gasteiger charge is -2.14. The van der Waals surface area contributed by atoms with E-state index in [-0.39, 0.29) is 0 Å². The number of halogens is 1. The van der Waals surface area contributed by atoms with Gasteiger partial charge >= 0.3 is 0 Å². The molecule has 0 saturated carbocycles. The Balaban J connectivity index is 1.79. The molecule has 0 bridgehead atoms. The molecule has 0 aromatic carbocycles. The first-order chi connectivity index (χ1) is 12.7. The largest absolute Gasteiger partial charge is 0.324 e. The first-order valence-corrected chi connectivity index (χ1v) is 8.63. The quantitative estimate of drug-likeness (QED) is 0.517. The number of aromatic nitrogens is 6. The molecule has 4 aromatic rings. The Kier molecular flexibility index (Phi) is 4.20. The van der Waals surface area contributed by atoms with E-state index in [4.69, 9.17) is 4.98 Å². The number of pyridine rings is 1. The molecule has 0 radical (unpaired) electrons. The fraction of sp³-hybridized carbons (Fsp3) is 0.263. The average molecular weight is 350 g/mol. The maximum atomic E-state index is 13.5. The van der Waals surface area contributed by atoms with Crippen molar-refractivity contribution in [2.24, 2.45) is 0 Å². The zero-order valence-electron chi connectivity index (χ0n) is 14.7. The van der Waals surface area contributed by atoms with Crippen molar-refractivity contribution < 1.29 is 4.39 Å². The monoisotopic (exact) mass is 350 g/mol. The lowest BCUT2D eigenvalue weighted by Crippen LogP contribution is -2.11. The van der Waals surface area contributed by atoms with Crippen LogP contribution in [0.25, 0.3) is 17.2 Å². The molecular formula is C19H19FN6. The fourth-order valence-corrected chi connectivity index (χ4v) is 3.23. The summed E-state index contributed by atoms with van der Waals surface area (Å²) in [6, 6.07) is 4.72. The molecule has 0 aliphatic heterocycles. The molecule has 4 aromatic heterocycles. The maximum Gasteiger partial charge on any atom is 0.213 e. The minimum atomic E-state index is -0.517. The van der Waals surface area contributed by atoms with Crippen LogP contribution < -0.4 is 0 Å². The number of imidazole rings is 2. The molecule has 0 fully saturated rings. The van der Waals surface area contributed by atoms with Crippen LogP contribution in [-0.2, 0) is 13.0 Å². The predicted molar refractivity (Wildman–Crippen MR) is 96.2 cm³/mol. The Morgan fingerprint density at radius 1 is 1.08 bits per heavy atom. The van der Waals surface area contributed by atoms with Crippen molar-refractivity contribution in [3.8, 4) is 11.5 Å². The summed E-state index contributed by atoms with van der Waals surface area (Å²) in [4.78, 5) is 17.6. The van der Waals surface area contributed by atoms with Gasteiger partial charge < -0.3 is 4.57 Å². The third kappa shape index (κ3) is 2.85. The summed E-state index contributed by atoms with van der Waals surface area (Å²) in [6.07, 6.45) is 9.19. The summed E-state index contributed by atoms with van der Waals surface area (Å²) in [5.74, 6) is 0.990. The van der Waals surface area contributed by atoms with Gasteiger partial charge in [0.2, 0.25) is 5.95 Å². The van der Waals surface area contributed by atoms with Crippen LogP contribution in [0.15, 0.2) is 43.0 Å². The fourth-order valence-electron chi connectivity index (χ4n) is 3.23. The summed E-state index contributed by atoms with van der Waals surface area (Å²) in [5.41, 5.74) is 3.54. The summed E-state index contributed by atoms with van der Waals surface area (Å²) in [7, 11) is 0. The van der Waals surface area contributed by atoms with E-state index in [9.17, 15) is 4.39 Å². The van der Waals surface area contributed by atoms with Crippen LogP contribution in [0.1, 0.15) is 30.4 Å². The standard InChI is InChI=1S/C19H19FN6/c1-3-5-14-16(23-13(2)26-11-9-21-18(14)26)12-25-10-8-22-19(25)15-6-4-7-17(20)24-15/h4,6-11H,3,5,12H2,1-2H3. The van der Waals surface area contributed by atoms with Crippen molar-refractivity contribution in [2.45, 2.75) is 33.2 Å². The summed E-state index contributed by atoms with van der Waals surface area (Å²) < 4.78 is 17.5. The molecule has 6 nitrogen and oxygen atoms in total. The molecule has 4 rings (SSSR count). The molecule has 132 valence electrons. The first kappa shape index (κ1) is 16.4. The normalized spacial score (nSPS) is 11.3. The molecule has 7 heteroatoms. The highest BCUT2D eigenvalue weighted by Crippen LogP contribution is 2.21. The van der Waals surface area contributed by atoms with Gasteiger partial charge in [0.15, 0.2) is 5.82 Å². The molecule has 0 atom stereocenters. The summed E-state index contributed by atoms with van der Waals surface area (Å²) in [5, 5.41) is 0. The predicted octanol–water partition coefficient (Wildman–Crippen LogP) is 3.44. The van der Waals surface area contributed by atoms with Gasteiger partial charge in [0, 0.05) is 30.4 Å².